The van der Waals surface area contributed by atoms with Crippen LogP contribution in [-0.4, -0.2) is 29.7 Å². The molecule has 1 fully saturated rings. The summed E-state index contributed by atoms with van der Waals surface area (Å²) in [5.41, 5.74) is 11.8. The second-order valence-corrected chi connectivity index (χ2v) is 11.7. The molecule has 8 heteroatoms. The zero-order valence-electron chi connectivity index (χ0n) is 25.1. The van der Waals surface area contributed by atoms with Gasteiger partial charge in [0.15, 0.2) is 5.82 Å². The number of imidazole rings is 1. The monoisotopic (exact) mass is 601 g/mol. The maximum absolute atomic E-state index is 5.94. The van der Waals surface area contributed by atoms with Crippen molar-refractivity contribution in [1.82, 2.24) is 29.7 Å². The molecule has 46 heavy (non-hydrogen) atoms. The average molecular weight is 602 g/mol. The molecule has 224 valence electrons. The highest BCUT2D eigenvalue weighted by Crippen LogP contribution is 2.48. The number of anilines is 1. The van der Waals surface area contributed by atoms with Gasteiger partial charge in [0.2, 0.25) is 5.95 Å². The molecular weight excluding hydrogens is 570 g/mol. The van der Waals surface area contributed by atoms with E-state index in [-0.39, 0.29) is 11.4 Å². The number of aromatic nitrogens is 6. The van der Waals surface area contributed by atoms with Crippen molar-refractivity contribution in [2.24, 2.45) is 0 Å². The summed E-state index contributed by atoms with van der Waals surface area (Å²) >= 11 is 0. The van der Waals surface area contributed by atoms with Crippen molar-refractivity contribution in [1.29, 1.82) is 0 Å². The summed E-state index contributed by atoms with van der Waals surface area (Å²) in [6, 6.07) is 40.0. The Kier molecular flexibility index (Phi) is 6.75. The summed E-state index contributed by atoms with van der Waals surface area (Å²) in [5, 5.41) is 4.53. The fourth-order valence-electron chi connectivity index (χ4n) is 6.76. The second kappa shape index (κ2) is 11.2. The standard InChI is InChI=1S/C38H31N7O/c39-36-40-23-28(24-41-36)27-17-19-29(20-18-27)37(21-10-22-37)35-43-34(46-44-35)33-25-45(26-42-33)38(30-11-4-1-5-12-30,31-13-6-2-7-14-31)32-15-8-3-9-16-32/h1-9,11-20,23-26H,10,21-22H2,(H2,39,40,41). The zero-order valence-corrected chi connectivity index (χ0v) is 25.1. The molecule has 4 aromatic carbocycles. The molecule has 1 aliphatic carbocycles. The van der Waals surface area contributed by atoms with Crippen molar-refractivity contribution < 1.29 is 4.52 Å². The third-order valence-electron chi connectivity index (χ3n) is 9.27. The first-order chi connectivity index (χ1) is 22.7. The summed E-state index contributed by atoms with van der Waals surface area (Å²) < 4.78 is 8.09. The molecule has 0 saturated heterocycles. The first kappa shape index (κ1) is 27.6. The lowest BCUT2D eigenvalue weighted by molar-refractivity contribution is 0.273. The van der Waals surface area contributed by atoms with Gasteiger partial charge in [-0.2, -0.15) is 4.98 Å². The van der Waals surface area contributed by atoms with Crippen molar-refractivity contribution in [3.63, 3.8) is 0 Å². The minimum Gasteiger partial charge on any atom is -0.368 e. The van der Waals surface area contributed by atoms with Crippen molar-refractivity contribution in [3.8, 4) is 22.7 Å². The van der Waals surface area contributed by atoms with Crippen LogP contribution < -0.4 is 5.73 Å². The van der Waals surface area contributed by atoms with Crippen LogP contribution in [0, 0.1) is 0 Å². The quantitative estimate of drug-likeness (QED) is 0.182. The molecule has 0 amide bonds. The summed E-state index contributed by atoms with van der Waals surface area (Å²) in [7, 11) is 0. The molecule has 8 nitrogen and oxygen atoms in total. The highest BCUT2D eigenvalue weighted by Gasteiger charge is 2.45. The van der Waals surface area contributed by atoms with Crippen molar-refractivity contribution in [3.05, 3.63) is 168 Å². The summed E-state index contributed by atoms with van der Waals surface area (Å²) in [6.45, 7) is 0. The zero-order chi connectivity index (χ0) is 31.0. The topological polar surface area (TPSA) is 109 Å². The smallest absolute Gasteiger partial charge is 0.278 e. The van der Waals surface area contributed by atoms with Crippen LogP contribution in [0.5, 0.6) is 0 Å². The van der Waals surface area contributed by atoms with Crippen LogP contribution in [0.1, 0.15) is 47.3 Å². The summed E-state index contributed by atoms with van der Waals surface area (Å²) in [4.78, 5) is 18.1. The molecule has 0 unspecified atom stereocenters. The molecule has 0 radical (unpaired) electrons. The van der Waals surface area contributed by atoms with E-state index in [0.29, 0.717) is 17.4 Å². The van der Waals surface area contributed by atoms with Crippen molar-refractivity contribution in [2.75, 3.05) is 5.73 Å². The predicted octanol–water partition coefficient (Wildman–Crippen LogP) is 7.28. The first-order valence-electron chi connectivity index (χ1n) is 15.4. The molecule has 1 aliphatic rings. The van der Waals surface area contributed by atoms with Gasteiger partial charge in [0.25, 0.3) is 5.89 Å². The fraction of sp³-hybridized carbons (Fsp3) is 0.132. The highest BCUT2D eigenvalue weighted by atomic mass is 16.5. The molecule has 2 N–H and O–H groups in total. The van der Waals surface area contributed by atoms with Gasteiger partial charge < -0.3 is 14.8 Å². The van der Waals surface area contributed by atoms with Crippen LogP contribution in [0.15, 0.2) is 145 Å². The third kappa shape index (κ3) is 4.49. The molecule has 3 aromatic heterocycles. The first-order valence-corrected chi connectivity index (χ1v) is 15.4. The molecule has 0 bridgehead atoms. The lowest BCUT2D eigenvalue weighted by Crippen LogP contribution is -2.36. The predicted molar refractivity (Wildman–Crippen MR) is 177 cm³/mol. The van der Waals surface area contributed by atoms with Gasteiger partial charge in [0.05, 0.1) is 11.7 Å². The molecule has 1 saturated carbocycles. The molecule has 0 atom stereocenters. The number of rotatable bonds is 8. The van der Waals surface area contributed by atoms with Gasteiger partial charge >= 0.3 is 0 Å². The largest absolute Gasteiger partial charge is 0.368 e. The second-order valence-electron chi connectivity index (χ2n) is 11.7. The van der Waals surface area contributed by atoms with Crippen LogP contribution in [0.4, 0.5) is 5.95 Å². The Morgan fingerprint density at radius 3 is 1.76 bits per heavy atom. The molecule has 3 heterocycles. The number of hydrogen-bond donors (Lipinski definition) is 1. The van der Waals surface area contributed by atoms with E-state index >= 15 is 0 Å². The van der Waals surface area contributed by atoms with E-state index in [2.05, 4.69) is 117 Å². The van der Waals surface area contributed by atoms with Crippen LogP contribution in [-0.2, 0) is 11.0 Å². The van der Waals surface area contributed by atoms with Crippen LogP contribution in [0.3, 0.4) is 0 Å². The van der Waals surface area contributed by atoms with Gasteiger partial charge in [-0.3, -0.25) is 0 Å². The maximum atomic E-state index is 5.94. The minimum absolute atomic E-state index is 0.262. The Labute approximate surface area is 266 Å². The Hall–Kier alpha value is -5.89. The van der Waals surface area contributed by atoms with Gasteiger partial charge in [-0.1, -0.05) is 127 Å². The van der Waals surface area contributed by atoms with Crippen LogP contribution >= 0.6 is 0 Å². The Morgan fingerprint density at radius 2 is 1.24 bits per heavy atom. The summed E-state index contributed by atoms with van der Waals surface area (Å²) in [5.74, 6) is 1.35. The van der Waals surface area contributed by atoms with E-state index in [1.54, 1.807) is 12.4 Å². The molecule has 7 aromatic rings. The summed E-state index contributed by atoms with van der Waals surface area (Å²) in [6.07, 6.45) is 10.4. The van der Waals surface area contributed by atoms with Gasteiger partial charge in [0, 0.05) is 24.2 Å². The van der Waals surface area contributed by atoms with E-state index < -0.39 is 5.54 Å². The van der Waals surface area contributed by atoms with E-state index in [1.165, 1.54) is 0 Å². The number of nitrogens with zero attached hydrogens (tertiary/aromatic N) is 6. The number of hydrogen-bond acceptors (Lipinski definition) is 7. The van der Waals surface area contributed by atoms with E-state index in [1.807, 2.05) is 30.7 Å². The maximum Gasteiger partial charge on any atom is 0.278 e. The van der Waals surface area contributed by atoms with Gasteiger partial charge in [0.1, 0.15) is 11.2 Å². The average Bonchev–Trinajstić information content (AvgIpc) is 3.79. The van der Waals surface area contributed by atoms with Crippen LogP contribution in [0.25, 0.3) is 22.7 Å². The van der Waals surface area contributed by atoms with E-state index in [4.69, 9.17) is 20.2 Å². The van der Waals surface area contributed by atoms with Gasteiger partial charge in [-0.15, -0.1) is 0 Å². The highest BCUT2D eigenvalue weighted by molar-refractivity contribution is 5.63. The molecule has 0 spiro atoms. The lowest BCUT2D eigenvalue weighted by Gasteiger charge is -2.39. The van der Waals surface area contributed by atoms with Gasteiger partial charge in [-0.25, -0.2) is 15.0 Å². The third-order valence-corrected chi connectivity index (χ3v) is 9.27. The molecule has 0 aliphatic heterocycles. The number of benzene rings is 4. The minimum atomic E-state index is -0.676. The molecular formula is C38H31N7O. The van der Waals surface area contributed by atoms with Crippen LogP contribution in [0.2, 0.25) is 0 Å². The molecule has 8 rings (SSSR count). The Balaban J connectivity index is 1.18. The van der Waals surface area contributed by atoms with Gasteiger partial charge in [-0.05, 0) is 40.7 Å². The SMILES string of the molecule is Nc1ncc(-c2ccc(C3(c4noc(-c5cn(C(c6ccccc6)(c6ccccc6)c6ccccc6)cn5)n4)CCC3)cc2)cn1. The fourth-order valence-corrected chi connectivity index (χ4v) is 6.76. The van der Waals surface area contributed by atoms with Crippen molar-refractivity contribution >= 4 is 5.95 Å². The number of nitrogens with two attached hydrogens (primary N) is 1. The van der Waals surface area contributed by atoms with E-state index in [0.717, 1.165) is 52.6 Å². The van der Waals surface area contributed by atoms with Crippen molar-refractivity contribution in [2.45, 2.75) is 30.2 Å². The Morgan fingerprint density at radius 1 is 0.674 bits per heavy atom. The van der Waals surface area contributed by atoms with E-state index in [9.17, 15) is 0 Å². The lowest BCUT2D eigenvalue weighted by atomic mass is 9.64. The normalized spacial score (nSPS) is 14.1. The Bertz CT molecular complexity index is 1970. The number of nitrogen functional groups attached to an aromatic ring is 1.